The lowest BCUT2D eigenvalue weighted by Crippen LogP contribution is -2.49. The fourth-order valence-corrected chi connectivity index (χ4v) is 3.07. The predicted octanol–water partition coefficient (Wildman–Crippen LogP) is -1.24. The first-order valence-corrected chi connectivity index (χ1v) is 9.42. The van der Waals surface area contributed by atoms with Gasteiger partial charge < -0.3 is 30.3 Å². The third kappa shape index (κ3) is 12.3. The molecular weight excluding hydrogens is 412 g/mol. The van der Waals surface area contributed by atoms with Crippen LogP contribution in [0.25, 0.3) is 0 Å². The Morgan fingerprint density at radius 3 is 2.14 bits per heavy atom. The number of methoxy groups -OCH3 is 2. The number of aliphatic carboxylic acids is 2. The maximum Gasteiger partial charge on any atom is 0.325 e. The molecule has 0 aliphatic carbocycles. The molecular formula is C16H24N2O10S. The van der Waals surface area contributed by atoms with Crippen LogP contribution in [-0.4, -0.2) is 83.7 Å². The molecule has 2 amide bonds. The van der Waals surface area contributed by atoms with Crippen molar-refractivity contribution in [1.82, 2.24) is 10.6 Å². The van der Waals surface area contributed by atoms with Gasteiger partial charge in [-0.3, -0.25) is 28.8 Å². The van der Waals surface area contributed by atoms with Gasteiger partial charge in [-0.2, -0.15) is 0 Å². The van der Waals surface area contributed by atoms with Crippen molar-refractivity contribution in [3.05, 3.63) is 0 Å². The molecule has 0 radical (unpaired) electrons. The fourth-order valence-electron chi connectivity index (χ4n) is 1.92. The zero-order chi connectivity index (χ0) is 22.4. The number of esters is 2. The van der Waals surface area contributed by atoms with Crippen molar-refractivity contribution >= 4 is 47.5 Å². The molecule has 0 aromatic heterocycles. The fraction of sp³-hybridized carbons (Fsp3) is 0.625. The van der Waals surface area contributed by atoms with E-state index in [2.05, 4.69) is 20.1 Å². The summed E-state index contributed by atoms with van der Waals surface area (Å²) in [6, 6.07) is -1.21. The van der Waals surface area contributed by atoms with Gasteiger partial charge in [-0.05, 0) is 6.42 Å². The lowest BCUT2D eigenvalue weighted by Gasteiger charge is -2.20. The van der Waals surface area contributed by atoms with Crippen LogP contribution >= 0.6 is 11.8 Å². The number of thioether (sulfide) groups is 1. The van der Waals surface area contributed by atoms with Crippen molar-refractivity contribution in [2.75, 3.05) is 26.5 Å². The Balaban J connectivity index is 5.03. The topological polar surface area (TPSA) is 185 Å². The minimum atomic E-state index is -1.25. The van der Waals surface area contributed by atoms with Crippen LogP contribution < -0.4 is 10.6 Å². The van der Waals surface area contributed by atoms with E-state index < -0.39 is 59.9 Å². The molecule has 0 fully saturated rings. The first-order chi connectivity index (χ1) is 13.6. The van der Waals surface area contributed by atoms with Gasteiger partial charge in [0.05, 0.1) is 20.6 Å². The van der Waals surface area contributed by atoms with Crippen molar-refractivity contribution in [1.29, 1.82) is 0 Å². The summed E-state index contributed by atoms with van der Waals surface area (Å²) in [6.07, 6.45) is -0.896. The Morgan fingerprint density at radius 2 is 1.62 bits per heavy atom. The monoisotopic (exact) mass is 436 g/mol. The Hall–Kier alpha value is -2.83. The maximum absolute atomic E-state index is 12.3. The average molecular weight is 436 g/mol. The minimum absolute atomic E-state index is 0.0502. The highest BCUT2D eigenvalue weighted by atomic mass is 32.2. The number of carbonyl (C=O) groups excluding carboxylic acids is 4. The molecule has 0 heterocycles. The number of hydrogen-bond acceptors (Lipinski definition) is 9. The van der Waals surface area contributed by atoms with Gasteiger partial charge in [0.15, 0.2) is 0 Å². The molecule has 0 bridgehead atoms. The smallest absolute Gasteiger partial charge is 0.325 e. The van der Waals surface area contributed by atoms with Crippen LogP contribution in [-0.2, 0) is 38.2 Å². The summed E-state index contributed by atoms with van der Waals surface area (Å²) in [5.41, 5.74) is 0. The van der Waals surface area contributed by atoms with E-state index in [0.717, 1.165) is 26.0 Å². The van der Waals surface area contributed by atoms with Gasteiger partial charge in [-0.25, -0.2) is 0 Å². The zero-order valence-corrected chi connectivity index (χ0v) is 16.8. The van der Waals surface area contributed by atoms with E-state index in [4.69, 9.17) is 10.2 Å². The molecule has 164 valence electrons. The SMILES string of the molecule is COC(=O)CNC(=O)C(CSC(CC(=O)O)C(=O)OC)NC(=O)CCCC(=O)O. The molecule has 0 saturated carbocycles. The maximum atomic E-state index is 12.3. The van der Waals surface area contributed by atoms with Crippen molar-refractivity contribution in [2.24, 2.45) is 0 Å². The van der Waals surface area contributed by atoms with Crippen molar-refractivity contribution in [3.8, 4) is 0 Å². The van der Waals surface area contributed by atoms with Gasteiger partial charge >= 0.3 is 23.9 Å². The Kier molecular flexibility index (Phi) is 12.8. The molecule has 29 heavy (non-hydrogen) atoms. The van der Waals surface area contributed by atoms with Crippen LogP contribution in [0.1, 0.15) is 25.7 Å². The highest BCUT2D eigenvalue weighted by molar-refractivity contribution is 8.00. The lowest BCUT2D eigenvalue weighted by atomic mass is 10.2. The van der Waals surface area contributed by atoms with E-state index in [1.54, 1.807) is 0 Å². The number of rotatable bonds is 14. The Labute approximate surface area is 170 Å². The molecule has 13 heteroatoms. The standard InChI is InChI=1S/C16H24N2O10S/c1-27-14(24)7-17-15(25)9(18-11(19)4-3-5-12(20)21)8-29-10(6-13(22)23)16(26)28-2/h9-10H,3-8H2,1-2H3,(H,17,25)(H,18,19)(H,20,21)(H,22,23). The molecule has 2 unspecified atom stereocenters. The highest BCUT2D eigenvalue weighted by Gasteiger charge is 2.28. The largest absolute Gasteiger partial charge is 0.481 e. The van der Waals surface area contributed by atoms with Gasteiger partial charge in [0, 0.05) is 18.6 Å². The van der Waals surface area contributed by atoms with Crippen molar-refractivity contribution in [2.45, 2.75) is 37.0 Å². The van der Waals surface area contributed by atoms with Gasteiger partial charge in [-0.1, -0.05) is 0 Å². The number of nitrogens with one attached hydrogen (secondary N) is 2. The zero-order valence-electron chi connectivity index (χ0n) is 16.0. The molecule has 0 saturated heterocycles. The van der Waals surface area contributed by atoms with Crippen LogP contribution in [0.2, 0.25) is 0 Å². The van der Waals surface area contributed by atoms with Crippen LogP contribution in [0.15, 0.2) is 0 Å². The van der Waals surface area contributed by atoms with Crippen molar-refractivity contribution < 1.29 is 48.5 Å². The third-order valence-corrected chi connectivity index (χ3v) is 4.66. The van der Waals surface area contributed by atoms with Gasteiger partial charge in [-0.15, -0.1) is 11.8 Å². The summed E-state index contributed by atoms with van der Waals surface area (Å²) in [6.45, 7) is -0.457. The molecule has 0 rings (SSSR count). The molecule has 0 aliphatic heterocycles. The number of hydrogen-bond donors (Lipinski definition) is 4. The minimum Gasteiger partial charge on any atom is -0.481 e. The number of carbonyl (C=O) groups is 6. The van der Waals surface area contributed by atoms with E-state index in [1.165, 1.54) is 0 Å². The molecule has 0 aliphatic rings. The van der Waals surface area contributed by atoms with Gasteiger partial charge in [0.1, 0.15) is 17.8 Å². The molecule has 0 aromatic rings. The third-order valence-electron chi connectivity index (χ3n) is 3.37. The first-order valence-electron chi connectivity index (χ1n) is 8.37. The Bertz CT molecular complexity index is 625. The summed E-state index contributed by atoms with van der Waals surface area (Å²) in [7, 11) is 2.21. The van der Waals surface area contributed by atoms with Gasteiger partial charge in [0.2, 0.25) is 11.8 Å². The summed E-state index contributed by atoms with van der Waals surface area (Å²) in [5.74, 6) is -5.42. The van der Waals surface area contributed by atoms with Crippen LogP contribution in [0, 0.1) is 0 Å². The second kappa shape index (κ2) is 14.2. The van der Waals surface area contributed by atoms with Gasteiger partial charge in [0.25, 0.3) is 0 Å². The van der Waals surface area contributed by atoms with Crippen LogP contribution in [0.4, 0.5) is 0 Å². The normalized spacial score (nSPS) is 12.2. The van der Waals surface area contributed by atoms with Crippen molar-refractivity contribution in [3.63, 3.8) is 0 Å². The quantitative estimate of drug-likeness (QED) is 0.239. The highest BCUT2D eigenvalue weighted by Crippen LogP contribution is 2.18. The molecule has 4 N–H and O–H groups in total. The lowest BCUT2D eigenvalue weighted by molar-refractivity contribution is -0.144. The van der Waals surface area contributed by atoms with E-state index in [-0.39, 0.29) is 25.0 Å². The molecule has 0 spiro atoms. The number of ether oxygens (including phenoxy) is 2. The number of carboxylic acid groups (broad SMARTS) is 2. The summed E-state index contributed by atoms with van der Waals surface area (Å²) in [5, 5.41) is 21.0. The average Bonchev–Trinajstić information content (AvgIpc) is 2.66. The van der Waals surface area contributed by atoms with Crippen LogP contribution in [0.3, 0.4) is 0 Å². The Morgan fingerprint density at radius 1 is 0.966 bits per heavy atom. The predicted molar refractivity (Wildman–Crippen MR) is 99.0 cm³/mol. The molecule has 12 nitrogen and oxygen atoms in total. The van der Waals surface area contributed by atoms with E-state index in [1.807, 2.05) is 0 Å². The van der Waals surface area contributed by atoms with Crippen LogP contribution in [0.5, 0.6) is 0 Å². The number of carboxylic acids is 2. The van der Waals surface area contributed by atoms with E-state index in [0.29, 0.717) is 0 Å². The summed E-state index contributed by atoms with van der Waals surface area (Å²) < 4.78 is 8.93. The summed E-state index contributed by atoms with van der Waals surface area (Å²) >= 11 is 0.789. The molecule has 2 atom stereocenters. The molecule has 0 aromatic carbocycles. The first kappa shape index (κ1) is 26.2. The second-order valence-corrected chi connectivity index (χ2v) is 6.84. The second-order valence-electron chi connectivity index (χ2n) is 5.60. The van der Waals surface area contributed by atoms with E-state index in [9.17, 15) is 28.8 Å². The van der Waals surface area contributed by atoms with E-state index >= 15 is 0 Å². The summed E-state index contributed by atoms with van der Waals surface area (Å²) in [4.78, 5) is 68.5. The number of amides is 2.